The highest BCUT2D eigenvalue weighted by Crippen LogP contribution is 2.37. The standard InChI is InChI=1S/C74H130N2O11S/c1-9-15-32-44-63(12-4)85-72(79)47-35-24-18-21-27-38-52-75(53-39-28-22-19-25-36-48-73(80)86-64(13-5)45-33-16-10-2)56-43-57-76(54-40-29-23-20-26-37-49-74(81)87-65(14-6)46-34-17-11-3)55-41-30-31-42-58-84-71(78)51-50-66(77)70-60-62-59-67(82-7)68(83-8)61-69(62)88-70/h59-61,63-65H,9-58H2,1-8H3. The zero-order valence-electron chi connectivity index (χ0n) is 57.6. The average Bonchev–Trinajstić information content (AvgIpc) is 1.98. The summed E-state index contributed by atoms with van der Waals surface area (Å²) in [5.74, 6) is 0.758. The van der Waals surface area contributed by atoms with Gasteiger partial charge in [-0.3, -0.25) is 24.0 Å². The van der Waals surface area contributed by atoms with Crippen molar-refractivity contribution in [3.63, 3.8) is 0 Å². The van der Waals surface area contributed by atoms with Crippen molar-refractivity contribution in [1.29, 1.82) is 0 Å². The summed E-state index contributed by atoms with van der Waals surface area (Å²) in [5, 5.41) is 0.909. The molecule has 0 amide bonds. The first-order valence-corrected chi connectivity index (χ1v) is 37.1. The van der Waals surface area contributed by atoms with Crippen LogP contribution in [0.1, 0.15) is 327 Å². The van der Waals surface area contributed by atoms with Crippen molar-refractivity contribution >= 4 is 51.1 Å². The number of benzene rings is 1. The van der Waals surface area contributed by atoms with Gasteiger partial charge in [0.25, 0.3) is 0 Å². The van der Waals surface area contributed by atoms with Gasteiger partial charge >= 0.3 is 23.9 Å². The van der Waals surface area contributed by atoms with Crippen LogP contribution in [0.2, 0.25) is 0 Å². The lowest BCUT2D eigenvalue weighted by atomic mass is 10.1. The molecule has 3 unspecified atom stereocenters. The number of carbonyl (C=O) groups excluding carboxylic acids is 5. The lowest BCUT2D eigenvalue weighted by Crippen LogP contribution is -2.32. The summed E-state index contributed by atoms with van der Waals surface area (Å²) >= 11 is 1.40. The molecule has 3 atom stereocenters. The smallest absolute Gasteiger partial charge is 0.306 e. The number of unbranched alkanes of at least 4 members (excludes halogenated alkanes) is 24. The van der Waals surface area contributed by atoms with Crippen LogP contribution >= 0.6 is 11.3 Å². The molecule has 14 heteroatoms. The average molecular weight is 1260 g/mol. The number of rotatable bonds is 62. The van der Waals surface area contributed by atoms with Crippen LogP contribution in [0, 0.1) is 0 Å². The van der Waals surface area contributed by atoms with Gasteiger partial charge in [-0.25, -0.2) is 0 Å². The van der Waals surface area contributed by atoms with Crippen LogP contribution in [0.5, 0.6) is 11.5 Å². The number of hydrogen-bond acceptors (Lipinski definition) is 14. The van der Waals surface area contributed by atoms with Crippen molar-refractivity contribution < 1.29 is 52.4 Å². The van der Waals surface area contributed by atoms with E-state index in [4.69, 9.17) is 28.4 Å². The summed E-state index contributed by atoms with van der Waals surface area (Å²) in [6.07, 6.45) is 43.4. The first-order valence-electron chi connectivity index (χ1n) is 36.3. The molecule has 0 aliphatic carbocycles. The van der Waals surface area contributed by atoms with Gasteiger partial charge < -0.3 is 38.2 Å². The van der Waals surface area contributed by atoms with Gasteiger partial charge in [0.1, 0.15) is 18.3 Å². The summed E-state index contributed by atoms with van der Waals surface area (Å²) in [4.78, 5) is 69.5. The van der Waals surface area contributed by atoms with E-state index in [0.717, 1.165) is 197 Å². The summed E-state index contributed by atoms with van der Waals surface area (Å²) < 4.78 is 34.8. The van der Waals surface area contributed by atoms with Crippen LogP contribution < -0.4 is 9.47 Å². The maximum absolute atomic E-state index is 13.1. The van der Waals surface area contributed by atoms with E-state index in [9.17, 15) is 24.0 Å². The van der Waals surface area contributed by atoms with Gasteiger partial charge in [0.2, 0.25) is 0 Å². The van der Waals surface area contributed by atoms with Gasteiger partial charge in [0.15, 0.2) is 17.3 Å². The number of nitrogens with zero attached hydrogens (tertiary/aromatic N) is 2. The third-order valence-corrected chi connectivity index (χ3v) is 18.5. The minimum Gasteiger partial charge on any atom is -0.493 e. The molecule has 0 saturated carbocycles. The fourth-order valence-corrected chi connectivity index (χ4v) is 12.7. The molecule has 508 valence electrons. The van der Waals surface area contributed by atoms with Crippen molar-refractivity contribution in [3.05, 3.63) is 23.1 Å². The summed E-state index contributed by atoms with van der Waals surface area (Å²) in [7, 11) is 3.19. The fraction of sp³-hybridized carbons (Fsp3) is 0.824. The molecule has 0 aliphatic heterocycles. The minimum atomic E-state index is -0.327. The van der Waals surface area contributed by atoms with Crippen LogP contribution in [-0.2, 0) is 38.1 Å². The van der Waals surface area contributed by atoms with E-state index in [1.165, 1.54) is 108 Å². The fourth-order valence-electron chi connectivity index (χ4n) is 11.7. The van der Waals surface area contributed by atoms with Gasteiger partial charge in [0, 0.05) is 36.4 Å². The number of fused-ring (bicyclic) bond motifs is 1. The number of esters is 4. The predicted molar refractivity (Wildman–Crippen MR) is 365 cm³/mol. The Morgan fingerprint density at radius 1 is 0.375 bits per heavy atom. The molecule has 0 fully saturated rings. The van der Waals surface area contributed by atoms with Crippen LogP contribution in [-0.4, -0.2) is 118 Å². The number of hydrogen-bond donors (Lipinski definition) is 0. The topological polar surface area (TPSA) is 147 Å². The SMILES string of the molecule is CCCCCC(CC)OC(=O)CCCCCCCCN(CCCCCCCCC(=O)OC(CC)CCCCC)CCCN(CCCCCCCCC(=O)OC(CC)CCCCC)CCCCCCOC(=O)CCC(=O)c1cc2cc(OC)c(OC)cc2s1. The molecule has 1 heterocycles. The second kappa shape index (κ2) is 54.9. The van der Waals surface area contributed by atoms with Crippen LogP contribution in [0.25, 0.3) is 10.1 Å². The van der Waals surface area contributed by atoms with Crippen molar-refractivity contribution in [2.24, 2.45) is 0 Å². The van der Waals surface area contributed by atoms with Gasteiger partial charge in [-0.1, -0.05) is 170 Å². The van der Waals surface area contributed by atoms with Gasteiger partial charge in [0.05, 0.1) is 32.1 Å². The Kier molecular flexibility index (Phi) is 50.2. The van der Waals surface area contributed by atoms with Crippen molar-refractivity contribution in [3.8, 4) is 11.5 Å². The van der Waals surface area contributed by atoms with E-state index < -0.39 is 0 Å². The molecule has 13 nitrogen and oxygen atoms in total. The lowest BCUT2D eigenvalue weighted by molar-refractivity contribution is -0.150. The molecular weight excluding hydrogens is 1120 g/mol. The maximum atomic E-state index is 13.1. The normalized spacial score (nSPS) is 12.6. The molecule has 0 spiro atoms. The highest BCUT2D eigenvalue weighted by molar-refractivity contribution is 7.20. The summed E-state index contributed by atoms with van der Waals surface area (Å²) in [6.45, 7) is 19.9. The summed E-state index contributed by atoms with van der Waals surface area (Å²) in [6, 6.07) is 5.61. The highest BCUT2D eigenvalue weighted by atomic mass is 32.1. The molecule has 0 saturated heterocycles. The number of carbonyl (C=O) groups is 5. The van der Waals surface area contributed by atoms with Gasteiger partial charge in [-0.2, -0.15) is 0 Å². The summed E-state index contributed by atoms with van der Waals surface area (Å²) in [5.41, 5.74) is 0. The zero-order valence-corrected chi connectivity index (χ0v) is 58.4. The van der Waals surface area contributed by atoms with E-state index in [2.05, 4.69) is 51.3 Å². The molecule has 0 bridgehead atoms. The quantitative estimate of drug-likeness (QED) is 0.0268. The minimum absolute atomic E-state index is 0.0240. The van der Waals surface area contributed by atoms with Crippen molar-refractivity contribution in [1.82, 2.24) is 9.80 Å². The second-order valence-electron chi connectivity index (χ2n) is 25.1. The molecule has 88 heavy (non-hydrogen) atoms. The molecule has 1 aromatic carbocycles. The van der Waals surface area contributed by atoms with Crippen LogP contribution in [0.3, 0.4) is 0 Å². The second-order valence-corrected chi connectivity index (χ2v) is 26.2. The Balaban J connectivity index is 1.91. The number of ether oxygens (including phenoxy) is 6. The van der Waals surface area contributed by atoms with E-state index in [1.54, 1.807) is 14.2 Å². The van der Waals surface area contributed by atoms with E-state index in [-0.39, 0.29) is 60.8 Å². The van der Waals surface area contributed by atoms with Gasteiger partial charge in [-0.15, -0.1) is 11.3 Å². The Bertz CT molecular complexity index is 1970. The molecule has 2 aromatic rings. The number of Topliss-reactive ketones (excluding diaryl/α,β-unsaturated/α-hetero) is 1. The molecular formula is C74H130N2O11S. The third-order valence-electron chi connectivity index (χ3n) is 17.4. The van der Waals surface area contributed by atoms with Crippen molar-refractivity contribution in [2.45, 2.75) is 336 Å². The molecule has 2 rings (SSSR count). The molecule has 1 aromatic heterocycles. The van der Waals surface area contributed by atoms with Crippen LogP contribution in [0.15, 0.2) is 18.2 Å². The predicted octanol–water partition coefficient (Wildman–Crippen LogP) is 19.9. The van der Waals surface area contributed by atoms with E-state index in [0.29, 0.717) is 42.2 Å². The molecule has 0 radical (unpaired) electrons. The monoisotopic (exact) mass is 1250 g/mol. The number of ketones is 1. The van der Waals surface area contributed by atoms with E-state index >= 15 is 0 Å². The Labute approximate surface area is 541 Å². The molecule has 0 N–H and O–H groups in total. The Hall–Kier alpha value is -3.75. The van der Waals surface area contributed by atoms with Crippen LogP contribution in [0.4, 0.5) is 0 Å². The molecule has 0 aliphatic rings. The first-order chi connectivity index (χ1) is 42.9. The third kappa shape index (κ3) is 40.9. The lowest BCUT2D eigenvalue weighted by Gasteiger charge is -2.26. The highest BCUT2D eigenvalue weighted by Gasteiger charge is 2.18. The first kappa shape index (κ1) is 80.3. The van der Waals surface area contributed by atoms with E-state index in [1.807, 2.05) is 18.2 Å². The number of methoxy groups -OCH3 is 2. The maximum Gasteiger partial charge on any atom is 0.306 e. The van der Waals surface area contributed by atoms with Crippen molar-refractivity contribution in [2.75, 3.05) is 60.1 Å². The van der Waals surface area contributed by atoms with Gasteiger partial charge in [-0.05, 0) is 172 Å². The Morgan fingerprint density at radius 2 is 0.727 bits per heavy atom. The largest absolute Gasteiger partial charge is 0.493 e. The zero-order chi connectivity index (χ0) is 64.1. The Morgan fingerprint density at radius 3 is 1.10 bits per heavy atom. The number of thiophene rings is 1.